The third kappa shape index (κ3) is 3.19. The highest BCUT2D eigenvalue weighted by Gasteiger charge is 2.59. The van der Waals surface area contributed by atoms with Crippen molar-refractivity contribution in [2.45, 2.75) is 44.4 Å². The third-order valence-corrected chi connectivity index (χ3v) is 5.59. The lowest BCUT2D eigenvalue weighted by molar-refractivity contribution is -0.0793. The zero-order valence-corrected chi connectivity index (χ0v) is 13.6. The summed E-state index contributed by atoms with van der Waals surface area (Å²) in [5.74, 6) is 0. The summed E-state index contributed by atoms with van der Waals surface area (Å²) >= 11 is 0. The number of benzene rings is 2. The van der Waals surface area contributed by atoms with Crippen molar-refractivity contribution < 1.29 is 5.11 Å². The Morgan fingerprint density at radius 1 is 0.783 bits per heavy atom. The molecule has 0 aliphatic heterocycles. The number of hydrogen-bond acceptors (Lipinski definition) is 2. The van der Waals surface area contributed by atoms with Crippen molar-refractivity contribution in [3.05, 3.63) is 71.8 Å². The van der Waals surface area contributed by atoms with Gasteiger partial charge in [-0.15, -0.1) is 0 Å². The van der Waals surface area contributed by atoms with Crippen LogP contribution in [0.1, 0.15) is 36.8 Å². The Morgan fingerprint density at radius 2 is 1.30 bits per heavy atom. The molecule has 120 valence electrons. The Bertz CT molecular complexity index is 605. The molecule has 1 N–H and O–H groups in total. The summed E-state index contributed by atoms with van der Waals surface area (Å²) in [6, 6.07) is 21.5. The van der Waals surface area contributed by atoms with Crippen molar-refractivity contribution in [3.8, 4) is 0 Å². The first kappa shape index (κ1) is 14.9. The molecule has 0 saturated heterocycles. The molecule has 5 rings (SSSR count). The maximum Gasteiger partial charge on any atom is 0.0659 e. The minimum Gasteiger partial charge on any atom is -0.390 e. The van der Waals surface area contributed by atoms with Crippen LogP contribution in [0.3, 0.4) is 0 Å². The molecular formula is C21H25NO. The summed E-state index contributed by atoms with van der Waals surface area (Å²) in [7, 11) is 0. The van der Waals surface area contributed by atoms with Gasteiger partial charge in [0.15, 0.2) is 0 Å². The Morgan fingerprint density at radius 3 is 1.74 bits per heavy atom. The van der Waals surface area contributed by atoms with E-state index in [9.17, 15) is 5.11 Å². The van der Waals surface area contributed by atoms with E-state index in [4.69, 9.17) is 0 Å². The maximum absolute atomic E-state index is 10.3. The quantitative estimate of drug-likeness (QED) is 0.872. The molecule has 0 spiro atoms. The van der Waals surface area contributed by atoms with Gasteiger partial charge in [-0.05, 0) is 42.2 Å². The topological polar surface area (TPSA) is 23.5 Å². The monoisotopic (exact) mass is 307 g/mol. The summed E-state index contributed by atoms with van der Waals surface area (Å²) in [5, 5.41) is 10.3. The number of aliphatic hydroxyl groups is 1. The third-order valence-electron chi connectivity index (χ3n) is 5.59. The first-order valence-electron chi connectivity index (χ1n) is 8.68. The lowest BCUT2D eigenvalue weighted by Gasteiger charge is -2.46. The molecule has 2 nitrogen and oxygen atoms in total. The molecule has 3 aliphatic rings. The lowest BCUT2D eigenvalue weighted by Crippen LogP contribution is -2.48. The smallest absolute Gasteiger partial charge is 0.0659 e. The minimum absolute atomic E-state index is 0.328. The van der Waals surface area contributed by atoms with Crippen LogP contribution < -0.4 is 0 Å². The molecule has 0 aromatic heterocycles. The second kappa shape index (κ2) is 5.77. The molecule has 0 atom stereocenters. The van der Waals surface area contributed by atoms with E-state index < -0.39 is 0 Å². The van der Waals surface area contributed by atoms with Crippen LogP contribution in [0.4, 0.5) is 0 Å². The lowest BCUT2D eigenvalue weighted by atomic mass is 9.66. The highest BCUT2D eigenvalue weighted by Crippen LogP contribution is 2.61. The fourth-order valence-electron chi connectivity index (χ4n) is 4.71. The summed E-state index contributed by atoms with van der Waals surface area (Å²) in [6.07, 6.45) is 4.18. The number of hydrogen-bond donors (Lipinski definition) is 1. The average Bonchev–Trinajstić information content (AvgIpc) is 3.02. The fourth-order valence-corrected chi connectivity index (χ4v) is 4.71. The van der Waals surface area contributed by atoms with Crippen molar-refractivity contribution in [1.29, 1.82) is 0 Å². The predicted octanol–water partition coefficient (Wildman–Crippen LogP) is 3.99. The van der Waals surface area contributed by atoms with Crippen molar-refractivity contribution in [1.82, 2.24) is 4.90 Å². The van der Waals surface area contributed by atoms with Gasteiger partial charge in [0.2, 0.25) is 0 Å². The van der Waals surface area contributed by atoms with Gasteiger partial charge in [0, 0.05) is 19.6 Å². The molecule has 0 unspecified atom stereocenters. The van der Waals surface area contributed by atoms with Gasteiger partial charge in [0.25, 0.3) is 0 Å². The molecule has 3 saturated carbocycles. The van der Waals surface area contributed by atoms with Gasteiger partial charge in [-0.25, -0.2) is 0 Å². The van der Waals surface area contributed by atoms with Crippen molar-refractivity contribution >= 4 is 0 Å². The molecule has 3 fully saturated rings. The highest BCUT2D eigenvalue weighted by atomic mass is 16.3. The molecule has 2 aromatic rings. The van der Waals surface area contributed by atoms with Crippen LogP contribution in [0, 0.1) is 5.41 Å². The number of nitrogens with zero attached hydrogens (tertiary/aromatic N) is 1. The van der Waals surface area contributed by atoms with Gasteiger partial charge >= 0.3 is 0 Å². The second-order valence-electron chi connectivity index (χ2n) is 7.69. The molecule has 2 heteroatoms. The van der Waals surface area contributed by atoms with Crippen LogP contribution >= 0.6 is 0 Å². The largest absolute Gasteiger partial charge is 0.390 e. The SMILES string of the molecule is OC12CCC(CN(Cc3ccccc3)Cc3ccccc3)(C1)C2. The van der Waals surface area contributed by atoms with Crippen LogP contribution in [0.2, 0.25) is 0 Å². The molecule has 2 bridgehead atoms. The summed E-state index contributed by atoms with van der Waals surface area (Å²) in [5.41, 5.74) is 2.77. The molecule has 2 aromatic carbocycles. The number of rotatable bonds is 6. The van der Waals surface area contributed by atoms with Crippen LogP contribution in [0.25, 0.3) is 0 Å². The predicted molar refractivity (Wildman–Crippen MR) is 92.8 cm³/mol. The first-order chi connectivity index (χ1) is 11.1. The average molecular weight is 307 g/mol. The molecular weight excluding hydrogens is 282 g/mol. The van der Waals surface area contributed by atoms with E-state index in [1.165, 1.54) is 17.5 Å². The van der Waals surface area contributed by atoms with E-state index in [1.807, 2.05) is 0 Å². The molecule has 0 radical (unpaired) electrons. The van der Waals surface area contributed by atoms with E-state index in [2.05, 4.69) is 65.6 Å². The Kier molecular flexibility index (Phi) is 3.74. The highest BCUT2D eigenvalue weighted by molar-refractivity contribution is 5.18. The van der Waals surface area contributed by atoms with Gasteiger partial charge in [-0.2, -0.15) is 0 Å². The van der Waals surface area contributed by atoms with Gasteiger partial charge in [-0.3, -0.25) is 4.90 Å². The van der Waals surface area contributed by atoms with Crippen LogP contribution in [0.15, 0.2) is 60.7 Å². The summed E-state index contributed by atoms with van der Waals surface area (Å²) < 4.78 is 0. The summed E-state index contributed by atoms with van der Waals surface area (Å²) in [4.78, 5) is 2.57. The standard InChI is InChI=1S/C21H25NO/c23-21-12-11-20(15-21,16-21)17-22(13-18-7-3-1-4-8-18)14-19-9-5-2-6-10-19/h1-10,23H,11-17H2. The zero-order valence-electron chi connectivity index (χ0n) is 13.6. The van der Waals surface area contributed by atoms with E-state index >= 15 is 0 Å². The van der Waals surface area contributed by atoms with Gasteiger partial charge in [-0.1, -0.05) is 60.7 Å². The van der Waals surface area contributed by atoms with E-state index in [0.29, 0.717) is 5.41 Å². The second-order valence-corrected chi connectivity index (χ2v) is 7.69. The van der Waals surface area contributed by atoms with E-state index in [1.54, 1.807) is 0 Å². The van der Waals surface area contributed by atoms with E-state index in [-0.39, 0.29) is 5.60 Å². The van der Waals surface area contributed by atoms with Crippen molar-refractivity contribution in [2.75, 3.05) is 6.54 Å². The Hall–Kier alpha value is -1.64. The van der Waals surface area contributed by atoms with E-state index in [0.717, 1.165) is 38.9 Å². The van der Waals surface area contributed by atoms with Crippen LogP contribution in [-0.4, -0.2) is 22.2 Å². The van der Waals surface area contributed by atoms with Gasteiger partial charge in [0.05, 0.1) is 5.60 Å². The fraction of sp³-hybridized carbons (Fsp3) is 0.429. The van der Waals surface area contributed by atoms with Gasteiger partial charge in [0.1, 0.15) is 0 Å². The first-order valence-corrected chi connectivity index (χ1v) is 8.68. The molecule has 0 amide bonds. The van der Waals surface area contributed by atoms with Crippen LogP contribution in [-0.2, 0) is 13.1 Å². The Balaban J connectivity index is 1.49. The molecule has 3 aliphatic carbocycles. The van der Waals surface area contributed by atoms with Crippen LogP contribution in [0.5, 0.6) is 0 Å². The van der Waals surface area contributed by atoms with Crippen molar-refractivity contribution in [2.24, 2.45) is 5.41 Å². The maximum atomic E-state index is 10.3. The van der Waals surface area contributed by atoms with Gasteiger partial charge < -0.3 is 5.11 Å². The normalized spacial score (nSPS) is 28.8. The Labute approximate surface area is 138 Å². The summed E-state index contributed by atoms with van der Waals surface area (Å²) in [6.45, 7) is 3.06. The van der Waals surface area contributed by atoms with Crippen molar-refractivity contribution in [3.63, 3.8) is 0 Å². The minimum atomic E-state index is -0.328. The molecule has 0 heterocycles. The zero-order chi connectivity index (χ0) is 15.8. The molecule has 23 heavy (non-hydrogen) atoms. The number of fused-ring (bicyclic) bond motifs is 1.